The van der Waals surface area contributed by atoms with Crippen LogP contribution in [0.25, 0.3) is 0 Å². The first kappa shape index (κ1) is 9.02. The third kappa shape index (κ3) is 1.57. The normalized spacial score (nSPS) is 23.9. The second-order valence-corrected chi connectivity index (χ2v) is 5.39. The highest BCUT2D eigenvalue weighted by atomic mass is 31.1. The van der Waals surface area contributed by atoms with Crippen molar-refractivity contribution in [2.75, 3.05) is 14.2 Å². The molecule has 1 heterocycles. The molecule has 1 aliphatic heterocycles. The molecule has 11 heavy (non-hydrogen) atoms. The molecular formula is C8H15O2P. The van der Waals surface area contributed by atoms with Crippen LogP contribution in [0, 0.1) is 5.41 Å². The molecule has 2 nitrogen and oxygen atoms in total. The fourth-order valence-corrected chi connectivity index (χ4v) is 3.06. The fourth-order valence-electron chi connectivity index (χ4n) is 1.11. The average molecular weight is 174 g/mol. The minimum Gasteiger partial charge on any atom is -0.493 e. The summed E-state index contributed by atoms with van der Waals surface area (Å²) >= 11 is 0. The van der Waals surface area contributed by atoms with Gasteiger partial charge in [-0.3, -0.25) is 0 Å². The van der Waals surface area contributed by atoms with Crippen molar-refractivity contribution >= 4 is 8.15 Å². The molecule has 64 valence electrons. The van der Waals surface area contributed by atoms with Crippen LogP contribution in [0.1, 0.15) is 20.8 Å². The maximum atomic E-state index is 5.27. The molecule has 0 amide bonds. The predicted octanol–water partition coefficient (Wildman–Crippen LogP) is 2.90. The summed E-state index contributed by atoms with van der Waals surface area (Å²) in [5.41, 5.74) is 1.29. The van der Waals surface area contributed by atoms with E-state index in [0.29, 0.717) is 0 Å². The summed E-state index contributed by atoms with van der Waals surface area (Å²) in [6.45, 7) is 6.55. The number of rotatable bonds is 2. The number of hydrogen-bond acceptors (Lipinski definition) is 2. The lowest BCUT2D eigenvalue weighted by molar-refractivity contribution is 0.318. The van der Waals surface area contributed by atoms with E-state index in [4.69, 9.17) is 9.26 Å². The summed E-state index contributed by atoms with van der Waals surface area (Å²) in [5, 5.41) is 1.36. The minimum absolute atomic E-state index is 0.215. The van der Waals surface area contributed by atoms with Crippen molar-refractivity contribution in [1.29, 1.82) is 0 Å². The van der Waals surface area contributed by atoms with Crippen LogP contribution in [0.2, 0.25) is 0 Å². The van der Waals surface area contributed by atoms with E-state index in [-0.39, 0.29) is 5.41 Å². The number of hydrogen-bond donors (Lipinski definition) is 0. The van der Waals surface area contributed by atoms with Gasteiger partial charge in [0.1, 0.15) is 8.15 Å². The molecule has 0 aromatic heterocycles. The maximum Gasteiger partial charge on any atom is 0.156 e. The molecule has 0 aliphatic carbocycles. The van der Waals surface area contributed by atoms with Gasteiger partial charge in [-0.2, -0.15) is 0 Å². The van der Waals surface area contributed by atoms with Crippen LogP contribution >= 0.6 is 8.15 Å². The van der Waals surface area contributed by atoms with E-state index >= 15 is 0 Å². The molecule has 1 atom stereocenters. The topological polar surface area (TPSA) is 18.5 Å². The summed E-state index contributed by atoms with van der Waals surface area (Å²) < 4.78 is 10.5. The van der Waals surface area contributed by atoms with Gasteiger partial charge in [0.2, 0.25) is 0 Å². The molecule has 0 N–H and O–H groups in total. The third-order valence-electron chi connectivity index (χ3n) is 1.63. The van der Waals surface area contributed by atoms with Gasteiger partial charge in [0.05, 0.1) is 7.11 Å². The van der Waals surface area contributed by atoms with Gasteiger partial charge in [-0.15, -0.1) is 0 Å². The van der Waals surface area contributed by atoms with Gasteiger partial charge in [-0.1, -0.05) is 20.8 Å². The molecule has 0 saturated carbocycles. The Balaban J connectivity index is 2.67. The van der Waals surface area contributed by atoms with E-state index in [1.807, 2.05) is 0 Å². The third-order valence-corrected chi connectivity index (χ3v) is 3.82. The first-order valence-electron chi connectivity index (χ1n) is 3.65. The summed E-state index contributed by atoms with van der Waals surface area (Å²) in [6.07, 6.45) is 0. The molecule has 0 bridgehead atoms. The van der Waals surface area contributed by atoms with E-state index in [1.165, 1.54) is 5.31 Å². The van der Waals surface area contributed by atoms with Crippen molar-refractivity contribution in [1.82, 2.24) is 0 Å². The Bertz CT molecular complexity index is 191. The number of methoxy groups -OCH3 is 1. The van der Waals surface area contributed by atoms with E-state index in [0.717, 1.165) is 5.50 Å². The highest BCUT2D eigenvalue weighted by Crippen LogP contribution is 2.74. The first-order valence-corrected chi connectivity index (χ1v) is 4.91. The maximum absolute atomic E-state index is 5.27. The van der Waals surface area contributed by atoms with Gasteiger partial charge < -0.3 is 9.26 Å². The van der Waals surface area contributed by atoms with Gasteiger partial charge in [0, 0.05) is 12.4 Å². The van der Waals surface area contributed by atoms with Crippen LogP contribution in [0.4, 0.5) is 0 Å². The molecule has 1 aliphatic rings. The van der Waals surface area contributed by atoms with Crippen molar-refractivity contribution in [2.45, 2.75) is 20.8 Å². The highest BCUT2D eigenvalue weighted by Gasteiger charge is 2.46. The SMILES string of the molecule is COC1=C(C(C)(C)C)P1OC. The molecule has 1 unspecified atom stereocenters. The second-order valence-electron chi connectivity index (χ2n) is 3.58. The summed E-state index contributed by atoms with van der Waals surface area (Å²) in [7, 11) is 3.00. The Kier molecular flexibility index (Phi) is 2.27. The Morgan fingerprint density at radius 3 is 1.82 bits per heavy atom. The zero-order chi connectivity index (χ0) is 8.65. The van der Waals surface area contributed by atoms with Crippen molar-refractivity contribution in [3.8, 4) is 0 Å². The van der Waals surface area contributed by atoms with Crippen molar-refractivity contribution in [3.05, 3.63) is 10.8 Å². The van der Waals surface area contributed by atoms with Gasteiger partial charge in [0.25, 0.3) is 0 Å². The van der Waals surface area contributed by atoms with Gasteiger partial charge >= 0.3 is 0 Å². The lowest BCUT2D eigenvalue weighted by Gasteiger charge is -2.12. The Labute approximate surface area is 69.4 Å². The van der Waals surface area contributed by atoms with Crippen LogP contribution in [-0.4, -0.2) is 14.2 Å². The Morgan fingerprint density at radius 2 is 1.73 bits per heavy atom. The molecular weight excluding hydrogens is 159 g/mol. The zero-order valence-electron chi connectivity index (χ0n) is 7.76. The zero-order valence-corrected chi connectivity index (χ0v) is 8.66. The molecule has 0 fully saturated rings. The lowest BCUT2D eigenvalue weighted by Crippen LogP contribution is -2.01. The number of ether oxygens (including phenoxy) is 1. The van der Waals surface area contributed by atoms with Crippen LogP contribution in [0.15, 0.2) is 10.8 Å². The molecule has 0 aromatic carbocycles. The highest BCUT2D eigenvalue weighted by molar-refractivity contribution is 7.69. The van der Waals surface area contributed by atoms with E-state index < -0.39 is 8.15 Å². The monoisotopic (exact) mass is 174 g/mol. The van der Waals surface area contributed by atoms with Crippen LogP contribution in [0.3, 0.4) is 0 Å². The van der Waals surface area contributed by atoms with Crippen LogP contribution in [-0.2, 0) is 9.26 Å². The Morgan fingerprint density at radius 1 is 1.18 bits per heavy atom. The van der Waals surface area contributed by atoms with Gasteiger partial charge in [-0.25, -0.2) is 0 Å². The van der Waals surface area contributed by atoms with Gasteiger partial charge in [-0.05, 0) is 5.41 Å². The average Bonchev–Trinajstić information content (AvgIpc) is 2.58. The molecule has 1 rings (SSSR count). The lowest BCUT2D eigenvalue weighted by atomic mass is 9.97. The second kappa shape index (κ2) is 2.76. The molecule has 0 spiro atoms. The van der Waals surface area contributed by atoms with Crippen molar-refractivity contribution in [3.63, 3.8) is 0 Å². The van der Waals surface area contributed by atoms with Crippen molar-refractivity contribution in [2.24, 2.45) is 5.41 Å². The van der Waals surface area contributed by atoms with E-state index in [1.54, 1.807) is 14.2 Å². The van der Waals surface area contributed by atoms with Crippen LogP contribution < -0.4 is 0 Å². The summed E-state index contributed by atoms with van der Waals surface area (Å²) in [6, 6.07) is 0. The molecule has 0 aromatic rings. The van der Waals surface area contributed by atoms with E-state index in [2.05, 4.69) is 20.8 Å². The molecule has 3 heteroatoms. The van der Waals surface area contributed by atoms with Crippen molar-refractivity contribution < 1.29 is 9.26 Å². The smallest absolute Gasteiger partial charge is 0.156 e. The van der Waals surface area contributed by atoms with Crippen LogP contribution in [0.5, 0.6) is 0 Å². The largest absolute Gasteiger partial charge is 0.493 e. The molecule has 0 radical (unpaired) electrons. The Hall–Kier alpha value is -0.0700. The minimum atomic E-state index is -0.452. The quantitative estimate of drug-likeness (QED) is 0.599. The first-order chi connectivity index (χ1) is 5.02. The van der Waals surface area contributed by atoms with E-state index in [9.17, 15) is 0 Å². The number of allylic oxidation sites excluding steroid dienone is 1. The predicted molar refractivity (Wildman–Crippen MR) is 47.4 cm³/mol. The summed E-state index contributed by atoms with van der Waals surface area (Å²) in [4.78, 5) is 0. The molecule has 0 saturated heterocycles. The summed E-state index contributed by atoms with van der Waals surface area (Å²) in [5.74, 6) is 0. The standard InChI is InChI=1S/C8H15O2P/c1-8(2,3)6-7(9-4)11(6)10-5/h1-5H3. The van der Waals surface area contributed by atoms with Gasteiger partial charge in [0.15, 0.2) is 5.50 Å². The fraction of sp³-hybridized carbons (Fsp3) is 0.750.